The largest absolute Gasteiger partial charge is 0.360 e. The number of nitrogens with zero attached hydrogens (tertiary/aromatic N) is 1. The topological polar surface area (TPSA) is 52.9 Å². The predicted octanol–water partition coefficient (Wildman–Crippen LogP) is 4.08. The molecule has 0 radical (unpaired) electrons. The smallest absolute Gasteiger partial charge is 0.252 e. The van der Waals surface area contributed by atoms with E-state index in [1.54, 1.807) is 18.2 Å². The highest BCUT2D eigenvalue weighted by Crippen LogP contribution is 2.27. The second-order valence-electron chi connectivity index (χ2n) is 3.11. The van der Waals surface area contributed by atoms with Gasteiger partial charge in [0.25, 0.3) is 3.79 Å². The highest BCUT2D eigenvalue weighted by Gasteiger charge is 2.27. The number of alkyl halides is 3. The average molecular weight is 324 g/mol. The number of hydrogen-bond donors (Lipinski definition) is 1. The van der Waals surface area contributed by atoms with Crippen LogP contribution in [-0.4, -0.2) is 9.58 Å². The van der Waals surface area contributed by atoms with E-state index in [4.69, 9.17) is 51.7 Å². The van der Waals surface area contributed by atoms with Gasteiger partial charge in [0.1, 0.15) is 6.07 Å². The van der Waals surface area contributed by atoms with Crippen LogP contribution in [0.25, 0.3) is 0 Å². The SMILES string of the molecule is N#Cc1c(Cl)cccc1N/C=C\C(=O)C(Cl)(Cl)Cl. The van der Waals surface area contributed by atoms with Gasteiger partial charge in [0.15, 0.2) is 0 Å². The summed E-state index contributed by atoms with van der Waals surface area (Å²) in [6, 6.07) is 6.82. The Morgan fingerprint density at radius 1 is 1.39 bits per heavy atom. The predicted molar refractivity (Wildman–Crippen MR) is 74.2 cm³/mol. The number of benzene rings is 1. The van der Waals surface area contributed by atoms with Crippen LogP contribution in [0.2, 0.25) is 5.02 Å². The van der Waals surface area contributed by atoms with Crippen molar-refractivity contribution in [2.45, 2.75) is 3.79 Å². The van der Waals surface area contributed by atoms with Crippen LogP contribution in [0.4, 0.5) is 5.69 Å². The number of carbonyl (C=O) groups is 1. The molecular weight excluding hydrogens is 318 g/mol. The van der Waals surface area contributed by atoms with Crippen LogP contribution in [0.15, 0.2) is 30.5 Å². The van der Waals surface area contributed by atoms with Gasteiger partial charge in [-0.1, -0.05) is 52.5 Å². The van der Waals surface area contributed by atoms with Crippen molar-refractivity contribution in [3.8, 4) is 6.07 Å². The molecule has 18 heavy (non-hydrogen) atoms. The Labute approximate surface area is 124 Å². The van der Waals surface area contributed by atoms with Crippen molar-refractivity contribution in [2.75, 3.05) is 5.32 Å². The van der Waals surface area contributed by atoms with E-state index in [2.05, 4.69) is 5.32 Å². The lowest BCUT2D eigenvalue weighted by molar-refractivity contribution is -0.113. The van der Waals surface area contributed by atoms with E-state index in [1.165, 1.54) is 6.20 Å². The number of hydrogen-bond acceptors (Lipinski definition) is 3. The van der Waals surface area contributed by atoms with E-state index >= 15 is 0 Å². The Bertz CT molecular complexity index is 529. The van der Waals surface area contributed by atoms with E-state index in [-0.39, 0.29) is 5.56 Å². The molecule has 0 atom stereocenters. The lowest BCUT2D eigenvalue weighted by Gasteiger charge is -2.06. The second kappa shape index (κ2) is 6.31. The molecule has 0 aliphatic heterocycles. The minimum Gasteiger partial charge on any atom is -0.360 e. The highest BCUT2D eigenvalue weighted by molar-refractivity contribution is 6.77. The maximum Gasteiger partial charge on any atom is 0.252 e. The minimum absolute atomic E-state index is 0.269. The first kappa shape index (κ1) is 15.1. The molecule has 0 aliphatic carbocycles. The molecule has 0 aliphatic rings. The molecule has 7 heteroatoms. The molecule has 0 saturated heterocycles. The van der Waals surface area contributed by atoms with Crippen molar-refractivity contribution in [3.05, 3.63) is 41.1 Å². The van der Waals surface area contributed by atoms with Gasteiger partial charge in [-0.2, -0.15) is 5.26 Å². The van der Waals surface area contributed by atoms with Crippen LogP contribution < -0.4 is 5.32 Å². The third-order valence-electron chi connectivity index (χ3n) is 1.88. The maximum atomic E-state index is 11.3. The molecule has 0 bridgehead atoms. The summed E-state index contributed by atoms with van der Waals surface area (Å²) in [5, 5.41) is 11.9. The molecule has 0 unspecified atom stereocenters. The Morgan fingerprint density at radius 3 is 2.61 bits per heavy atom. The van der Waals surface area contributed by atoms with Gasteiger partial charge in [0, 0.05) is 12.3 Å². The fourth-order valence-corrected chi connectivity index (χ4v) is 1.47. The Kier molecular flexibility index (Phi) is 5.30. The summed E-state index contributed by atoms with van der Waals surface area (Å²) < 4.78 is -2.00. The van der Waals surface area contributed by atoms with Crippen LogP contribution in [0.1, 0.15) is 5.56 Å². The summed E-state index contributed by atoms with van der Waals surface area (Å²) in [7, 11) is 0. The lowest BCUT2D eigenvalue weighted by Crippen LogP contribution is -2.15. The van der Waals surface area contributed by atoms with Crippen molar-refractivity contribution < 1.29 is 4.79 Å². The number of carbonyl (C=O) groups excluding carboxylic acids is 1. The molecule has 1 N–H and O–H groups in total. The van der Waals surface area contributed by atoms with Crippen LogP contribution in [-0.2, 0) is 4.79 Å². The molecule has 94 valence electrons. The number of allylic oxidation sites excluding steroid dienone is 1. The second-order valence-corrected chi connectivity index (χ2v) is 5.80. The van der Waals surface area contributed by atoms with Gasteiger partial charge in [-0.05, 0) is 12.1 Å². The lowest BCUT2D eigenvalue weighted by atomic mass is 10.2. The summed E-state index contributed by atoms with van der Waals surface area (Å²) in [6.07, 6.45) is 2.34. The molecule has 0 fully saturated rings. The van der Waals surface area contributed by atoms with Gasteiger partial charge in [-0.3, -0.25) is 4.79 Å². The molecule has 0 amide bonds. The molecule has 1 aromatic carbocycles. The highest BCUT2D eigenvalue weighted by atomic mass is 35.6. The molecule has 1 rings (SSSR count). The minimum atomic E-state index is -2.00. The monoisotopic (exact) mass is 322 g/mol. The normalized spacial score (nSPS) is 11.3. The summed E-state index contributed by atoms with van der Waals surface area (Å²) >= 11 is 22.0. The number of nitrogens with one attached hydrogen (secondary N) is 1. The summed E-state index contributed by atoms with van der Waals surface area (Å²) in [6.45, 7) is 0. The number of halogens is 4. The third-order valence-corrected chi connectivity index (χ3v) is 2.75. The van der Waals surface area contributed by atoms with E-state index in [0.717, 1.165) is 6.08 Å². The third kappa shape index (κ3) is 4.08. The zero-order chi connectivity index (χ0) is 13.8. The van der Waals surface area contributed by atoms with Crippen molar-refractivity contribution in [1.82, 2.24) is 0 Å². The van der Waals surface area contributed by atoms with Crippen molar-refractivity contribution >= 4 is 57.9 Å². The van der Waals surface area contributed by atoms with Gasteiger partial charge in [-0.15, -0.1) is 0 Å². The fraction of sp³-hybridized carbons (Fsp3) is 0.0909. The number of ketones is 1. The first-order valence-corrected chi connectivity index (χ1v) is 6.10. The van der Waals surface area contributed by atoms with Gasteiger partial charge in [0.05, 0.1) is 16.3 Å². The van der Waals surface area contributed by atoms with Gasteiger partial charge >= 0.3 is 0 Å². The number of anilines is 1. The van der Waals surface area contributed by atoms with E-state index in [9.17, 15) is 4.79 Å². The Balaban J connectivity index is 2.83. The van der Waals surface area contributed by atoms with Gasteiger partial charge in [-0.25, -0.2) is 0 Å². The van der Waals surface area contributed by atoms with Crippen molar-refractivity contribution in [1.29, 1.82) is 5.26 Å². The quantitative estimate of drug-likeness (QED) is 0.673. The van der Waals surface area contributed by atoms with E-state index in [1.807, 2.05) is 6.07 Å². The first-order chi connectivity index (χ1) is 8.36. The fourth-order valence-electron chi connectivity index (χ4n) is 1.06. The molecule has 1 aromatic rings. The van der Waals surface area contributed by atoms with Gasteiger partial charge < -0.3 is 5.32 Å². The van der Waals surface area contributed by atoms with E-state index in [0.29, 0.717) is 10.7 Å². The Hall–Kier alpha value is -0.920. The molecule has 0 saturated carbocycles. The summed E-state index contributed by atoms with van der Waals surface area (Å²) in [5.41, 5.74) is 0.725. The van der Waals surface area contributed by atoms with Crippen LogP contribution in [0.3, 0.4) is 0 Å². The first-order valence-electron chi connectivity index (χ1n) is 4.59. The summed E-state index contributed by atoms with van der Waals surface area (Å²) in [5.74, 6) is -0.694. The average Bonchev–Trinajstić information content (AvgIpc) is 2.28. The Morgan fingerprint density at radius 2 is 2.06 bits per heavy atom. The number of rotatable bonds is 3. The van der Waals surface area contributed by atoms with E-state index < -0.39 is 9.58 Å². The standard InChI is InChI=1S/C11H6Cl4N2O/c12-8-2-1-3-9(7(8)6-16)17-5-4-10(18)11(13,14)15/h1-5,17H/b5-4-. The zero-order valence-corrected chi connectivity index (χ0v) is 11.8. The maximum absolute atomic E-state index is 11.3. The number of nitriles is 1. The van der Waals surface area contributed by atoms with Crippen LogP contribution in [0, 0.1) is 11.3 Å². The van der Waals surface area contributed by atoms with Crippen LogP contribution >= 0.6 is 46.4 Å². The molecule has 0 spiro atoms. The molecule has 0 aromatic heterocycles. The molecule has 3 nitrogen and oxygen atoms in total. The van der Waals surface area contributed by atoms with Crippen molar-refractivity contribution in [2.24, 2.45) is 0 Å². The molecule has 0 heterocycles. The van der Waals surface area contributed by atoms with Gasteiger partial charge in [0.2, 0.25) is 5.78 Å². The summed E-state index contributed by atoms with van der Waals surface area (Å²) in [4.78, 5) is 11.3. The van der Waals surface area contributed by atoms with Crippen molar-refractivity contribution in [3.63, 3.8) is 0 Å². The molecular formula is C11H6Cl4N2O. The zero-order valence-electron chi connectivity index (χ0n) is 8.75. The van der Waals surface area contributed by atoms with Crippen LogP contribution in [0.5, 0.6) is 0 Å².